The lowest BCUT2D eigenvalue weighted by molar-refractivity contribution is 0.0957. The normalized spacial score (nSPS) is 15.1. The highest BCUT2D eigenvalue weighted by Gasteiger charge is 2.21. The predicted octanol–water partition coefficient (Wildman–Crippen LogP) is 1.59. The maximum absolute atomic E-state index is 11.3. The number of hydrazine groups is 1. The largest absolute Gasteiger partial charge is 0.376 e. The van der Waals surface area contributed by atoms with Crippen LogP contribution in [-0.4, -0.2) is 12.5 Å². The smallest absolute Gasteiger partial charge is 0.275 e. The summed E-state index contributed by atoms with van der Waals surface area (Å²) in [5.41, 5.74) is 3.22. The van der Waals surface area contributed by atoms with E-state index in [0.717, 1.165) is 23.0 Å². The van der Waals surface area contributed by atoms with Crippen molar-refractivity contribution >= 4 is 17.2 Å². The monoisotopic (exact) mass is 240 g/mol. The second-order valence-electron chi connectivity index (χ2n) is 4.12. The molecular formula is C11H16N2O2S. The maximum atomic E-state index is 11.3. The molecule has 0 aromatic carbocycles. The molecule has 1 fully saturated rings. The fourth-order valence-corrected chi connectivity index (χ4v) is 2.40. The lowest BCUT2D eigenvalue weighted by Crippen LogP contribution is -2.29. The van der Waals surface area contributed by atoms with Crippen LogP contribution in [0, 0.1) is 12.8 Å². The van der Waals surface area contributed by atoms with Gasteiger partial charge in [0.25, 0.3) is 5.91 Å². The van der Waals surface area contributed by atoms with Crippen molar-refractivity contribution in [2.45, 2.75) is 26.4 Å². The Balaban J connectivity index is 1.91. The van der Waals surface area contributed by atoms with E-state index in [4.69, 9.17) is 10.6 Å². The van der Waals surface area contributed by atoms with Crippen LogP contribution < -0.4 is 11.3 Å². The number of thiophene rings is 1. The number of carbonyl (C=O) groups is 1. The van der Waals surface area contributed by atoms with Gasteiger partial charge in [0.05, 0.1) is 11.5 Å². The van der Waals surface area contributed by atoms with Crippen LogP contribution in [0.3, 0.4) is 0 Å². The van der Waals surface area contributed by atoms with E-state index in [-0.39, 0.29) is 5.91 Å². The number of hydrogen-bond donors (Lipinski definition) is 2. The van der Waals surface area contributed by atoms with Crippen molar-refractivity contribution in [1.82, 2.24) is 5.43 Å². The molecule has 1 aliphatic rings. The van der Waals surface area contributed by atoms with Crippen molar-refractivity contribution in [2.75, 3.05) is 6.61 Å². The van der Waals surface area contributed by atoms with Gasteiger partial charge in [-0.25, -0.2) is 5.84 Å². The molecule has 5 heteroatoms. The average molecular weight is 240 g/mol. The van der Waals surface area contributed by atoms with Gasteiger partial charge in [-0.2, -0.15) is 0 Å². The first kappa shape index (κ1) is 11.6. The summed E-state index contributed by atoms with van der Waals surface area (Å²) in [4.78, 5) is 13.1. The van der Waals surface area contributed by atoms with Gasteiger partial charge in [-0.3, -0.25) is 10.2 Å². The molecular weight excluding hydrogens is 224 g/mol. The van der Waals surface area contributed by atoms with Crippen molar-refractivity contribution < 1.29 is 9.53 Å². The van der Waals surface area contributed by atoms with Gasteiger partial charge >= 0.3 is 0 Å². The minimum Gasteiger partial charge on any atom is -0.376 e. The molecule has 0 bridgehead atoms. The van der Waals surface area contributed by atoms with E-state index < -0.39 is 0 Å². The van der Waals surface area contributed by atoms with E-state index in [1.165, 1.54) is 24.2 Å². The topological polar surface area (TPSA) is 64.4 Å². The highest BCUT2D eigenvalue weighted by Crippen LogP contribution is 2.29. The average Bonchev–Trinajstić information content (AvgIpc) is 3.02. The number of nitrogens with two attached hydrogens (primary N) is 1. The molecule has 1 heterocycles. The van der Waals surface area contributed by atoms with Crippen LogP contribution >= 0.6 is 11.3 Å². The Morgan fingerprint density at radius 2 is 2.44 bits per heavy atom. The summed E-state index contributed by atoms with van der Waals surface area (Å²) in [6, 6.07) is 1.86. The molecule has 1 amide bonds. The number of rotatable bonds is 5. The molecule has 4 nitrogen and oxygen atoms in total. The summed E-state index contributed by atoms with van der Waals surface area (Å²) in [5.74, 6) is 5.62. The first-order valence-corrected chi connectivity index (χ1v) is 6.20. The zero-order valence-corrected chi connectivity index (χ0v) is 10.1. The first-order chi connectivity index (χ1) is 7.70. The van der Waals surface area contributed by atoms with Crippen LogP contribution in [0.1, 0.15) is 33.0 Å². The summed E-state index contributed by atoms with van der Waals surface area (Å²) >= 11 is 1.45. The third-order valence-electron chi connectivity index (χ3n) is 2.68. The first-order valence-electron chi connectivity index (χ1n) is 5.38. The Morgan fingerprint density at radius 3 is 3.06 bits per heavy atom. The van der Waals surface area contributed by atoms with Crippen molar-refractivity contribution in [2.24, 2.45) is 11.8 Å². The zero-order chi connectivity index (χ0) is 11.5. The quantitative estimate of drug-likeness (QED) is 0.466. The molecule has 88 valence electrons. The maximum Gasteiger partial charge on any atom is 0.275 e. The lowest BCUT2D eigenvalue weighted by atomic mass is 10.2. The minimum atomic E-state index is -0.235. The molecule has 16 heavy (non-hydrogen) atoms. The third kappa shape index (κ3) is 2.81. The van der Waals surface area contributed by atoms with Gasteiger partial charge in [-0.1, -0.05) is 0 Å². The van der Waals surface area contributed by atoms with Crippen LogP contribution in [0.2, 0.25) is 0 Å². The molecule has 3 N–H and O–H groups in total. The molecule has 0 atom stereocenters. The number of nitrogens with one attached hydrogen (secondary N) is 1. The van der Waals surface area contributed by atoms with E-state index in [1.54, 1.807) is 0 Å². The molecule has 0 unspecified atom stereocenters. The second-order valence-corrected chi connectivity index (χ2v) is 5.38. The number of amides is 1. The van der Waals surface area contributed by atoms with E-state index in [2.05, 4.69) is 5.43 Å². The Hall–Kier alpha value is -0.910. The number of carbonyl (C=O) groups excluding carboxylic acids is 1. The van der Waals surface area contributed by atoms with Crippen LogP contribution in [0.25, 0.3) is 0 Å². The Labute approximate surface area is 98.8 Å². The van der Waals surface area contributed by atoms with Gasteiger partial charge in [-0.15, -0.1) is 11.3 Å². The molecule has 0 spiro atoms. The van der Waals surface area contributed by atoms with Crippen LogP contribution in [0.4, 0.5) is 0 Å². The van der Waals surface area contributed by atoms with Crippen LogP contribution in [0.15, 0.2) is 6.07 Å². The lowest BCUT2D eigenvalue weighted by Gasteiger charge is -2.01. The van der Waals surface area contributed by atoms with Crippen LogP contribution in [0.5, 0.6) is 0 Å². The fourth-order valence-electron chi connectivity index (χ4n) is 1.47. The van der Waals surface area contributed by atoms with Gasteiger partial charge in [0.2, 0.25) is 0 Å². The number of ether oxygens (including phenoxy) is 1. The van der Waals surface area contributed by atoms with Crippen molar-refractivity contribution in [3.05, 3.63) is 21.4 Å². The molecule has 1 aliphatic carbocycles. The van der Waals surface area contributed by atoms with Crippen molar-refractivity contribution in [3.63, 3.8) is 0 Å². The highest BCUT2D eigenvalue weighted by atomic mass is 32.1. The fraction of sp³-hybridized carbons (Fsp3) is 0.545. The van der Waals surface area contributed by atoms with E-state index in [0.29, 0.717) is 11.5 Å². The van der Waals surface area contributed by atoms with Gasteiger partial charge in [0.1, 0.15) is 0 Å². The van der Waals surface area contributed by atoms with Gasteiger partial charge in [-0.05, 0) is 37.3 Å². The molecule has 0 aliphatic heterocycles. The molecule has 1 saturated carbocycles. The minimum absolute atomic E-state index is 0.235. The standard InChI is InChI=1S/C11H16N2O2S/c1-7-9(6-15-5-8-2-3-8)4-10(16-7)11(14)13-12/h4,8H,2-3,5-6,12H2,1H3,(H,13,14). The molecule has 0 saturated heterocycles. The molecule has 2 rings (SSSR count). The van der Waals surface area contributed by atoms with Gasteiger partial charge in [0, 0.05) is 11.5 Å². The molecule has 1 aromatic heterocycles. The van der Waals surface area contributed by atoms with Crippen molar-refractivity contribution in [1.29, 1.82) is 0 Å². The number of hydrogen-bond acceptors (Lipinski definition) is 4. The Morgan fingerprint density at radius 1 is 1.69 bits per heavy atom. The summed E-state index contributed by atoms with van der Waals surface area (Å²) in [6.07, 6.45) is 2.59. The van der Waals surface area contributed by atoms with E-state index >= 15 is 0 Å². The SMILES string of the molecule is Cc1sc(C(=O)NN)cc1COCC1CC1. The van der Waals surface area contributed by atoms with E-state index in [9.17, 15) is 4.79 Å². The number of aryl methyl sites for hydroxylation is 1. The van der Waals surface area contributed by atoms with Gasteiger partial charge in [0.15, 0.2) is 0 Å². The van der Waals surface area contributed by atoms with Crippen LogP contribution in [-0.2, 0) is 11.3 Å². The highest BCUT2D eigenvalue weighted by molar-refractivity contribution is 7.14. The summed E-state index contributed by atoms with van der Waals surface area (Å²) in [7, 11) is 0. The molecule has 0 radical (unpaired) electrons. The third-order valence-corrected chi connectivity index (χ3v) is 3.78. The van der Waals surface area contributed by atoms with E-state index in [1.807, 2.05) is 13.0 Å². The summed E-state index contributed by atoms with van der Waals surface area (Å²) in [5, 5.41) is 0. The number of nitrogen functional groups attached to an aromatic ring is 1. The van der Waals surface area contributed by atoms with Crippen molar-refractivity contribution in [3.8, 4) is 0 Å². The summed E-state index contributed by atoms with van der Waals surface area (Å²) < 4.78 is 5.59. The zero-order valence-electron chi connectivity index (χ0n) is 9.29. The van der Waals surface area contributed by atoms with Gasteiger partial charge < -0.3 is 4.74 Å². The second kappa shape index (κ2) is 4.95. The summed E-state index contributed by atoms with van der Waals surface area (Å²) in [6.45, 7) is 3.43. The molecule has 1 aromatic rings. The Kier molecular flexibility index (Phi) is 3.58. The predicted molar refractivity (Wildman–Crippen MR) is 63.1 cm³/mol. The Bertz CT molecular complexity index is 385.